The number of pyridine rings is 1. The second-order valence-electron chi connectivity index (χ2n) is 6.47. The number of aliphatic hydroxyl groups is 1. The lowest BCUT2D eigenvalue weighted by Gasteiger charge is -2.16. The first-order chi connectivity index (χ1) is 9.69. The average molecular weight is 271 g/mol. The highest BCUT2D eigenvalue weighted by molar-refractivity contribution is 5.41. The van der Waals surface area contributed by atoms with Crippen molar-refractivity contribution in [1.29, 1.82) is 0 Å². The number of fused-ring (bicyclic) bond motifs is 2. The minimum Gasteiger partial charge on any atom is -0.393 e. The van der Waals surface area contributed by atoms with E-state index in [0.29, 0.717) is 11.8 Å². The molecule has 0 amide bonds. The highest BCUT2D eigenvalue weighted by Crippen LogP contribution is 2.38. The van der Waals surface area contributed by atoms with Crippen LogP contribution in [0.25, 0.3) is 5.65 Å². The molecule has 3 atom stereocenters. The summed E-state index contributed by atoms with van der Waals surface area (Å²) in [6, 6.07) is 4.17. The van der Waals surface area contributed by atoms with E-state index in [4.69, 9.17) is 0 Å². The largest absolute Gasteiger partial charge is 0.393 e. The number of aryl methyl sites for hydroxylation is 1. The molecule has 2 fully saturated rings. The van der Waals surface area contributed by atoms with E-state index in [0.717, 1.165) is 37.4 Å². The van der Waals surface area contributed by atoms with Crippen LogP contribution in [0.3, 0.4) is 0 Å². The zero-order chi connectivity index (χ0) is 13.7. The Morgan fingerprint density at radius 3 is 3.00 bits per heavy atom. The fourth-order valence-corrected chi connectivity index (χ4v) is 3.92. The van der Waals surface area contributed by atoms with Gasteiger partial charge in [0.05, 0.1) is 11.8 Å². The van der Waals surface area contributed by atoms with Crippen LogP contribution in [0.15, 0.2) is 24.5 Å². The highest BCUT2D eigenvalue weighted by atomic mass is 16.3. The van der Waals surface area contributed by atoms with Crippen molar-refractivity contribution in [1.82, 2.24) is 14.3 Å². The standard InChI is InChI=1S/C16H21N3O/c1-11-2-5-16-17-13(9-19(16)6-11)8-18-7-12-3-4-15(20)14(12)10-18/h2,5-6,9,12,14-15,20H,3-4,7-8,10H2,1H3. The maximum atomic E-state index is 9.98. The zero-order valence-electron chi connectivity index (χ0n) is 11.9. The number of aromatic nitrogens is 2. The maximum absolute atomic E-state index is 9.98. The molecule has 1 aliphatic heterocycles. The Bertz CT molecular complexity index is 636. The molecular weight excluding hydrogens is 250 g/mol. The van der Waals surface area contributed by atoms with Gasteiger partial charge in [-0.05, 0) is 37.3 Å². The van der Waals surface area contributed by atoms with Gasteiger partial charge in [0.2, 0.25) is 0 Å². The summed E-state index contributed by atoms with van der Waals surface area (Å²) in [5.74, 6) is 1.19. The summed E-state index contributed by atoms with van der Waals surface area (Å²) in [4.78, 5) is 7.14. The minimum atomic E-state index is -0.0753. The van der Waals surface area contributed by atoms with Gasteiger partial charge in [0, 0.05) is 37.9 Å². The summed E-state index contributed by atoms with van der Waals surface area (Å²) in [5, 5.41) is 9.98. The van der Waals surface area contributed by atoms with E-state index in [9.17, 15) is 5.11 Å². The minimum absolute atomic E-state index is 0.0753. The summed E-state index contributed by atoms with van der Waals surface area (Å²) < 4.78 is 2.11. The lowest BCUT2D eigenvalue weighted by atomic mass is 10.00. The second-order valence-corrected chi connectivity index (χ2v) is 6.47. The Balaban J connectivity index is 1.51. The molecule has 1 aliphatic carbocycles. The first kappa shape index (κ1) is 12.4. The fourth-order valence-electron chi connectivity index (χ4n) is 3.92. The molecule has 4 rings (SSSR count). The molecule has 1 N–H and O–H groups in total. The molecular formula is C16H21N3O. The maximum Gasteiger partial charge on any atom is 0.137 e. The molecule has 2 aliphatic rings. The predicted octanol–water partition coefficient (Wildman–Crippen LogP) is 1.85. The smallest absolute Gasteiger partial charge is 0.137 e. The summed E-state index contributed by atoms with van der Waals surface area (Å²) in [5.41, 5.74) is 3.40. The highest BCUT2D eigenvalue weighted by Gasteiger charge is 2.41. The van der Waals surface area contributed by atoms with Gasteiger partial charge in [-0.2, -0.15) is 0 Å². The van der Waals surface area contributed by atoms with Gasteiger partial charge < -0.3 is 9.51 Å². The van der Waals surface area contributed by atoms with Gasteiger partial charge in [0.15, 0.2) is 0 Å². The normalized spacial score (nSPS) is 30.2. The van der Waals surface area contributed by atoms with Crippen LogP contribution in [-0.2, 0) is 6.54 Å². The van der Waals surface area contributed by atoms with E-state index >= 15 is 0 Å². The zero-order valence-corrected chi connectivity index (χ0v) is 11.9. The van der Waals surface area contributed by atoms with E-state index in [-0.39, 0.29) is 6.10 Å². The van der Waals surface area contributed by atoms with Gasteiger partial charge in [0.1, 0.15) is 5.65 Å². The van der Waals surface area contributed by atoms with Gasteiger partial charge in [-0.25, -0.2) is 4.98 Å². The molecule has 2 aromatic heterocycles. The summed E-state index contributed by atoms with van der Waals surface area (Å²) >= 11 is 0. The Labute approximate surface area is 119 Å². The van der Waals surface area contributed by atoms with Crippen molar-refractivity contribution >= 4 is 5.65 Å². The molecule has 2 aromatic rings. The molecule has 3 heterocycles. The van der Waals surface area contributed by atoms with Crippen LogP contribution >= 0.6 is 0 Å². The average Bonchev–Trinajstić information content (AvgIpc) is 3.06. The molecule has 4 heteroatoms. The Hall–Kier alpha value is -1.39. The van der Waals surface area contributed by atoms with Crippen LogP contribution in [0.4, 0.5) is 0 Å². The van der Waals surface area contributed by atoms with Crippen molar-refractivity contribution in [3.63, 3.8) is 0 Å². The summed E-state index contributed by atoms with van der Waals surface area (Å²) in [6.07, 6.45) is 6.36. The predicted molar refractivity (Wildman–Crippen MR) is 77.4 cm³/mol. The Kier molecular flexibility index (Phi) is 2.82. The first-order valence-corrected chi connectivity index (χ1v) is 7.54. The quantitative estimate of drug-likeness (QED) is 0.906. The molecule has 106 valence electrons. The number of rotatable bonds is 2. The van der Waals surface area contributed by atoms with E-state index < -0.39 is 0 Å². The summed E-state index contributed by atoms with van der Waals surface area (Å²) in [6.45, 7) is 5.15. The van der Waals surface area contributed by atoms with Gasteiger partial charge in [-0.1, -0.05) is 6.07 Å². The number of likely N-dealkylation sites (tertiary alicyclic amines) is 1. The number of nitrogens with zero attached hydrogens (tertiary/aromatic N) is 3. The van der Waals surface area contributed by atoms with Crippen molar-refractivity contribution in [2.24, 2.45) is 11.8 Å². The topological polar surface area (TPSA) is 40.8 Å². The van der Waals surface area contributed by atoms with Crippen LogP contribution in [0.5, 0.6) is 0 Å². The number of hydrogen-bond donors (Lipinski definition) is 1. The van der Waals surface area contributed by atoms with Crippen LogP contribution in [0.1, 0.15) is 24.1 Å². The van der Waals surface area contributed by atoms with Crippen molar-refractivity contribution in [3.05, 3.63) is 35.8 Å². The first-order valence-electron chi connectivity index (χ1n) is 7.54. The number of hydrogen-bond acceptors (Lipinski definition) is 3. The van der Waals surface area contributed by atoms with Gasteiger partial charge in [-0.15, -0.1) is 0 Å². The third-order valence-electron chi connectivity index (χ3n) is 4.93. The molecule has 3 unspecified atom stereocenters. The van der Waals surface area contributed by atoms with E-state index in [1.165, 1.54) is 12.0 Å². The molecule has 4 nitrogen and oxygen atoms in total. The molecule has 1 saturated carbocycles. The summed E-state index contributed by atoms with van der Waals surface area (Å²) in [7, 11) is 0. The SMILES string of the molecule is Cc1ccc2nc(CN3CC4CCC(O)C4C3)cn2c1. The molecule has 20 heavy (non-hydrogen) atoms. The van der Waals surface area contributed by atoms with Gasteiger partial charge in [0.25, 0.3) is 0 Å². The fraction of sp³-hybridized carbons (Fsp3) is 0.562. The van der Waals surface area contributed by atoms with Gasteiger partial charge in [-0.3, -0.25) is 4.90 Å². The van der Waals surface area contributed by atoms with Gasteiger partial charge >= 0.3 is 0 Å². The van der Waals surface area contributed by atoms with Crippen LogP contribution in [0.2, 0.25) is 0 Å². The van der Waals surface area contributed by atoms with Crippen LogP contribution < -0.4 is 0 Å². The van der Waals surface area contributed by atoms with Crippen molar-refractivity contribution in [2.45, 2.75) is 32.4 Å². The lowest BCUT2D eigenvalue weighted by Crippen LogP contribution is -2.24. The van der Waals surface area contributed by atoms with Crippen molar-refractivity contribution < 1.29 is 5.11 Å². The lowest BCUT2D eigenvalue weighted by molar-refractivity contribution is 0.123. The second kappa shape index (κ2) is 4.57. The van der Waals surface area contributed by atoms with Crippen molar-refractivity contribution in [2.75, 3.05) is 13.1 Å². The molecule has 1 saturated heterocycles. The number of aliphatic hydroxyl groups excluding tert-OH is 1. The third-order valence-corrected chi connectivity index (χ3v) is 4.93. The molecule has 0 aromatic carbocycles. The molecule has 0 bridgehead atoms. The van der Waals surface area contributed by atoms with E-state index in [1.54, 1.807) is 0 Å². The Morgan fingerprint density at radius 2 is 2.15 bits per heavy atom. The monoisotopic (exact) mass is 271 g/mol. The van der Waals surface area contributed by atoms with Crippen LogP contribution in [0, 0.1) is 18.8 Å². The molecule has 0 spiro atoms. The van der Waals surface area contributed by atoms with E-state index in [2.05, 4.69) is 45.7 Å². The Morgan fingerprint density at radius 1 is 1.25 bits per heavy atom. The van der Waals surface area contributed by atoms with E-state index in [1.807, 2.05) is 0 Å². The number of imidazole rings is 1. The van der Waals surface area contributed by atoms with Crippen molar-refractivity contribution in [3.8, 4) is 0 Å². The molecule has 0 radical (unpaired) electrons. The van der Waals surface area contributed by atoms with Crippen LogP contribution in [-0.4, -0.2) is 38.6 Å². The third kappa shape index (κ3) is 2.03.